The Morgan fingerprint density at radius 2 is 1.65 bits per heavy atom. The number of piperidine rings is 1. The molecular weight excluding hydrogens is 498 g/mol. The summed E-state index contributed by atoms with van der Waals surface area (Å²) in [6.07, 6.45) is 9.12. The number of ketones is 1. The van der Waals surface area contributed by atoms with Gasteiger partial charge in [0.2, 0.25) is 0 Å². The van der Waals surface area contributed by atoms with Crippen LogP contribution in [0, 0.1) is 23.2 Å². The largest absolute Gasteiger partial charge is 0.480 e. The summed E-state index contributed by atoms with van der Waals surface area (Å²) in [7, 11) is 0. The topological polar surface area (TPSA) is 84.6 Å². The quantitative estimate of drug-likeness (QED) is 0.385. The van der Waals surface area contributed by atoms with Gasteiger partial charge in [-0.05, 0) is 81.6 Å². The van der Waals surface area contributed by atoms with E-state index in [-0.39, 0.29) is 29.7 Å². The highest BCUT2D eigenvalue weighted by atomic mass is 16.4. The first kappa shape index (κ1) is 28.5. The number of carboxylic acids is 1. The normalized spacial score (nSPS) is 25.9. The lowest BCUT2D eigenvalue weighted by molar-refractivity contribution is -0.146. The zero-order chi connectivity index (χ0) is 28.1. The molecule has 2 saturated heterocycles. The second-order valence-corrected chi connectivity index (χ2v) is 12.3. The van der Waals surface area contributed by atoms with Gasteiger partial charge in [0.15, 0.2) is 5.78 Å². The summed E-state index contributed by atoms with van der Waals surface area (Å²) >= 11 is 0. The lowest BCUT2D eigenvalue weighted by Crippen LogP contribution is -2.53. The zero-order valence-corrected chi connectivity index (χ0v) is 23.8. The molecule has 0 spiro atoms. The molecule has 2 heterocycles. The van der Waals surface area contributed by atoms with Crippen molar-refractivity contribution >= 4 is 11.8 Å². The molecule has 3 aliphatic rings. The van der Waals surface area contributed by atoms with Gasteiger partial charge in [0.05, 0.1) is 11.6 Å². The van der Waals surface area contributed by atoms with Crippen molar-refractivity contribution in [2.45, 2.75) is 88.8 Å². The van der Waals surface area contributed by atoms with E-state index in [4.69, 9.17) is 5.26 Å². The lowest BCUT2D eigenvalue weighted by atomic mass is 9.83. The summed E-state index contributed by atoms with van der Waals surface area (Å²) in [5.74, 6) is 0.547. The van der Waals surface area contributed by atoms with Gasteiger partial charge in [-0.3, -0.25) is 19.4 Å². The van der Waals surface area contributed by atoms with Crippen molar-refractivity contribution in [1.82, 2.24) is 9.80 Å². The molecule has 5 rings (SSSR count). The molecule has 212 valence electrons. The molecule has 2 aliphatic heterocycles. The number of benzene rings is 2. The van der Waals surface area contributed by atoms with E-state index in [1.54, 1.807) is 24.3 Å². The first-order chi connectivity index (χ1) is 19.5. The molecule has 4 atom stereocenters. The van der Waals surface area contributed by atoms with Gasteiger partial charge in [-0.2, -0.15) is 5.26 Å². The number of rotatable bonds is 9. The summed E-state index contributed by atoms with van der Waals surface area (Å²) in [6.45, 7) is 5.03. The van der Waals surface area contributed by atoms with Crippen molar-refractivity contribution in [3.05, 3.63) is 71.3 Å². The van der Waals surface area contributed by atoms with Gasteiger partial charge in [-0.15, -0.1) is 0 Å². The Kier molecular flexibility index (Phi) is 9.34. The van der Waals surface area contributed by atoms with Crippen LogP contribution in [0.3, 0.4) is 0 Å². The molecule has 1 N–H and O–H groups in total. The smallest absolute Gasteiger partial charge is 0.321 e. The molecule has 0 amide bonds. The van der Waals surface area contributed by atoms with Crippen LogP contribution in [0.2, 0.25) is 0 Å². The minimum Gasteiger partial charge on any atom is -0.480 e. The summed E-state index contributed by atoms with van der Waals surface area (Å²) in [4.78, 5) is 30.4. The number of carboxylic acid groups (broad SMARTS) is 1. The Morgan fingerprint density at radius 3 is 2.27 bits per heavy atom. The second kappa shape index (κ2) is 13.1. The van der Waals surface area contributed by atoms with E-state index in [1.165, 1.54) is 12.0 Å². The number of hydrogen-bond donors (Lipinski definition) is 1. The maximum absolute atomic E-state index is 12.7. The van der Waals surface area contributed by atoms with Crippen LogP contribution >= 0.6 is 0 Å². The first-order valence-corrected chi connectivity index (χ1v) is 15.3. The van der Waals surface area contributed by atoms with Crippen LogP contribution in [-0.2, 0) is 4.79 Å². The predicted octanol–water partition coefficient (Wildman–Crippen LogP) is 6.12. The Morgan fingerprint density at radius 1 is 0.975 bits per heavy atom. The molecule has 6 heteroatoms. The number of nitriles is 1. The lowest BCUT2D eigenvalue weighted by Gasteiger charge is -2.42. The molecule has 1 aliphatic carbocycles. The molecule has 2 aromatic rings. The number of carbonyl (C=O) groups excluding carboxylic acids is 1. The molecule has 6 nitrogen and oxygen atoms in total. The van der Waals surface area contributed by atoms with E-state index in [2.05, 4.69) is 53.1 Å². The van der Waals surface area contributed by atoms with Crippen LogP contribution in [-0.4, -0.2) is 64.4 Å². The van der Waals surface area contributed by atoms with Gasteiger partial charge in [-0.25, -0.2) is 0 Å². The Bertz CT molecular complexity index is 1180. The fourth-order valence-electron chi connectivity index (χ4n) is 7.78. The van der Waals surface area contributed by atoms with E-state index >= 15 is 0 Å². The zero-order valence-electron chi connectivity index (χ0n) is 23.8. The molecule has 0 bridgehead atoms. The van der Waals surface area contributed by atoms with E-state index in [0.29, 0.717) is 23.5 Å². The Labute approximate surface area is 239 Å². The van der Waals surface area contributed by atoms with Crippen molar-refractivity contribution in [1.29, 1.82) is 5.26 Å². The third-order valence-electron chi connectivity index (χ3n) is 9.96. The van der Waals surface area contributed by atoms with Crippen LogP contribution in [0.1, 0.15) is 92.1 Å². The minimum absolute atomic E-state index is 0.151. The minimum atomic E-state index is -0.656. The number of hydrogen-bond acceptors (Lipinski definition) is 5. The van der Waals surface area contributed by atoms with Gasteiger partial charge in [0.25, 0.3) is 0 Å². The van der Waals surface area contributed by atoms with Gasteiger partial charge >= 0.3 is 5.97 Å². The van der Waals surface area contributed by atoms with Crippen molar-refractivity contribution in [2.75, 3.05) is 19.6 Å². The number of aliphatic carboxylic acids is 1. The maximum atomic E-state index is 12.7. The number of carbonyl (C=O) groups is 2. The summed E-state index contributed by atoms with van der Waals surface area (Å²) in [5, 5.41) is 19.4. The van der Waals surface area contributed by atoms with Gasteiger partial charge in [0.1, 0.15) is 6.04 Å². The van der Waals surface area contributed by atoms with Crippen LogP contribution < -0.4 is 0 Å². The number of nitrogens with zero attached hydrogens (tertiary/aromatic N) is 3. The maximum Gasteiger partial charge on any atom is 0.321 e. The molecule has 1 saturated carbocycles. The third kappa shape index (κ3) is 6.32. The van der Waals surface area contributed by atoms with Crippen LogP contribution in [0.5, 0.6) is 0 Å². The highest BCUT2D eigenvalue weighted by Crippen LogP contribution is 2.41. The van der Waals surface area contributed by atoms with Crippen LogP contribution in [0.15, 0.2) is 54.6 Å². The van der Waals surface area contributed by atoms with E-state index < -0.39 is 12.0 Å². The SMILES string of the molecule is CC1C(N2CCC(CCC(=O)c3ccc(C#N)cc3)CC2)C(c2ccccc2)CN1[C@@H](C(=O)O)C1CCCCC1. The predicted molar refractivity (Wildman–Crippen MR) is 156 cm³/mol. The van der Waals surface area contributed by atoms with Crippen molar-refractivity contribution in [2.24, 2.45) is 11.8 Å². The number of likely N-dealkylation sites (tertiary alicyclic amines) is 2. The van der Waals surface area contributed by atoms with Crippen LogP contribution in [0.4, 0.5) is 0 Å². The summed E-state index contributed by atoms with van der Waals surface area (Å²) < 4.78 is 0. The van der Waals surface area contributed by atoms with Crippen LogP contribution in [0.25, 0.3) is 0 Å². The molecule has 2 aromatic carbocycles. The third-order valence-corrected chi connectivity index (χ3v) is 9.96. The Hall–Kier alpha value is -3.01. The van der Waals surface area contributed by atoms with Gasteiger partial charge in [-0.1, -0.05) is 61.7 Å². The first-order valence-electron chi connectivity index (χ1n) is 15.3. The summed E-state index contributed by atoms with van der Waals surface area (Å²) in [6, 6.07) is 19.8. The van der Waals surface area contributed by atoms with E-state index in [1.807, 2.05) is 0 Å². The molecule has 0 radical (unpaired) electrons. The second-order valence-electron chi connectivity index (χ2n) is 12.3. The highest BCUT2D eigenvalue weighted by molar-refractivity contribution is 5.96. The fraction of sp³-hybridized carbons (Fsp3) is 0.559. The molecular formula is C34H43N3O3. The average molecular weight is 542 g/mol. The van der Waals surface area contributed by atoms with Gasteiger partial charge in [0, 0.05) is 36.5 Å². The fourth-order valence-corrected chi connectivity index (χ4v) is 7.78. The standard InChI is InChI=1S/C34H43N3O3/c1-24-32(36-20-18-25(19-21-36)14-17-31(38)28-15-12-26(22-35)13-16-28)30(27-8-4-2-5-9-27)23-37(24)33(34(39)40)29-10-6-3-7-11-29/h2,4-5,8-9,12-13,15-16,24-25,29-30,32-33H,3,6-7,10-11,14,17-21,23H2,1H3,(H,39,40)/t24?,30?,32?,33-/m1/s1. The van der Waals surface area contributed by atoms with E-state index in [0.717, 1.165) is 64.6 Å². The Balaban J connectivity index is 1.25. The number of Topliss-reactive ketones (excluding diaryl/α,β-unsaturated/α-hetero) is 1. The molecule has 0 aromatic heterocycles. The van der Waals surface area contributed by atoms with E-state index in [9.17, 15) is 14.7 Å². The molecule has 40 heavy (non-hydrogen) atoms. The molecule has 3 unspecified atom stereocenters. The van der Waals surface area contributed by atoms with Crippen molar-refractivity contribution in [3.8, 4) is 6.07 Å². The van der Waals surface area contributed by atoms with Gasteiger partial charge < -0.3 is 5.11 Å². The summed E-state index contributed by atoms with van der Waals surface area (Å²) in [5.41, 5.74) is 2.57. The monoisotopic (exact) mass is 541 g/mol. The highest BCUT2D eigenvalue weighted by Gasteiger charge is 2.49. The van der Waals surface area contributed by atoms with Crippen molar-refractivity contribution in [3.63, 3.8) is 0 Å². The average Bonchev–Trinajstić information content (AvgIpc) is 3.33. The van der Waals surface area contributed by atoms with Crippen molar-refractivity contribution < 1.29 is 14.7 Å². The molecule has 3 fully saturated rings.